The van der Waals surface area contributed by atoms with Gasteiger partial charge in [-0.2, -0.15) is 4.91 Å². The maximum atomic E-state index is 10.8. The van der Waals surface area contributed by atoms with Crippen LogP contribution in [0.15, 0.2) is 71.1 Å². The van der Waals surface area contributed by atoms with Gasteiger partial charge in [0, 0.05) is 16.5 Å². The Morgan fingerprint density at radius 3 is 2.82 bits per heavy atom. The van der Waals surface area contributed by atoms with E-state index in [0.717, 1.165) is 29.3 Å². The number of rotatable bonds is 4. The maximum absolute atomic E-state index is 10.8. The Bertz CT molecular complexity index is 804. The summed E-state index contributed by atoms with van der Waals surface area (Å²) in [5, 5.41) is 14.5. The summed E-state index contributed by atoms with van der Waals surface area (Å²) in [6, 6.07) is 11.5. The van der Waals surface area contributed by atoms with Gasteiger partial charge in [-0.25, -0.2) is 4.98 Å². The molecule has 1 N–H and O–H groups in total. The third-order valence-corrected chi connectivity index (χ3v) is 3.68. The quantitative estimate of drug-likeness (QED) is 0.664. The second-order valence-electron chi connectivity index (χ2n) is 5.14. The van der Waals surface area contributed by atoms with E-state index in [2.05, 4.69) is 10.2 Å². The second-order valence-corrected chi connectivity index (χ2v) is 5.14. The van der Waals surface area contributed by atoms with E-state index in [-0.39, 0.29) is 12.3 Å². The SMILES string of the molecule is O=NCC(=C(O)C1=CCCC=C1)c1ccc2ccccc2n1. The number of pyridine rings is 1. The van der Waals surface area contributed by atoms with Crippen molar-refractivity contribution >= 4 is 16.5 Å². The molecule has 0 saturated heterocycles. The van der Waals surface area contributed by atoms with E-state index >= 15 is 0 Å². The first-order chi connectivity index (χ1) is 10.8. The minimum atomic E-state index is -0.109. The summed E-state index contributed by atoms with van der Waals surface area (Å²) < 4.78 is 0. The highest BCUT2D eigenvalue weighted by Crippen LogP contribution is 2.26. The van der Waals surface area contributed by atoms with Crippen molar-refractivity contribution in [3.05, 3.63) is 76.6 Å². The zero-order valence-electron chi connectivity index (χ0n) is 12.1. The Kier molecular flexibility index (Phi) is 4.10. The van der Waals surface area contributed by atoms with Gasteiger partial charge in [0.05, 0.1) is 11.2 Å². The first-order valence-electron chi connectivity index (χ1n) is 7.24. The average Bonchev–Trinajstić information content (AvgIpc) is 2.59. The topological polar surface area (TPSA) is 62.5 Å². The van der Waals surface area contributed by atoms with E-state index in [1.807, 2.05) is 54.6 Å². The van der Waals surface area contributed by atoms with Crippen molar-refractivity contribution in [2.45, 2.75) is 12.8 Å². The lowest BCUT2D eigenvalue weighted by atomic mass is 10.00. The monoisotopic (exact) mass is 292 g/mol. The number of fused-ring (bicyclic) bond motifs is 1. The molecule has 0 fully saturated rings. The third kappa shape index (κ3) is 2.81. The van der Waals surface area contributed by atoms with Gasteiger partial charge < -0.3 is 5.11 Å². The second kappa shape index (κ2) is 6.35. The van der Waals surface area contributed by atoms with Crippen LogP contribution in [0.4, 0.5) is 0 Å². The fourth-order valence-electron chi connectivity index (χ4n) is 2.54. The molecule has 1 heterocycles. The number of hydrogen-bond donors (Lipinski definition) is 1. The van der Waals surface area contributed by atoms with Gasteiger partial charge in [0.25, 0.3) is 0 Å². The van der Waals surface area contributed by atoms with Crippen molar-refractivity contribution in [2.24, 2.45) is 5.18 Å². The van der Waals surface area contributed by atoms with Gasteiger partial charge in [-0.1, -0.05) is 47.7 Å². The molecule has 1 aromatic heterocycles. The van der Waals surface area contributed by atoms with Crippen LogP contribution in [0.3, 0.4) is 0 Å². The molecule has 3 rings (SSSR count). The molecule has 0 bridgehead atoms. The van der Waals surface area contributed by atoms with E-state index in [9.17, 15) is 10.0 Å². The molecule has 0 unspecified atom stereocenters. The summed E-state index contributed by atoms with van der Waals surface area (Å²) in [6.07, 6.45) is 7.67. The van der Waals surface area contributed by atoms with Gasteiger partial charge in [0.15, 0.2) is 0 Å². The fraction of sp³-hybridized carbons (Fsp3) is 0.167. The van der Waals surface area contributed by atoms with Gasteiger partial charge in [-0.15, -0.1) is 0 Å². The molecule has 1 aromatic carbocycles. The number of nitrogens with zero attached hydrogens (tertiary/aromatic N) is 2. The number of aromatic nitrogens is 1. The van der Waals surface area contributed by atoms with Crippen molar-refractivity contribution in [2.75, 3.05) is 6.54 Å². The van der Waals surface area contributed by atoms with Gasteiger partial charge in [0.1, 0.15) is 12.3 Å². The number of aliphatic hydroxyl groups excluding tert-OH is 1. The number of hydrogen-bond acceptors (Lipinski definition) is 4. The number of aliphatic hydroxyl groups is 1. The highest BCUT2D eigenvalue weighted by Gasteiger charge is 2.14. The van der Waals surface area contributed by atoms with E-state index in [1.54, 1.807) is 0 Å². The van der Waals surface area contributed by atoms with Gasteiger partial charge in [-0.3, -0.25) is 0 Å². The van der Waals surface area contributed by atoms with E-state index < -0.39 is 0 Å². The predicted molar refractivity (Wildman–Crippen MR) is 88.4 cm³/mol. The van der Waals surface area contributed by atoms with Crippen molar-refractivity contribution in [3.63, 3.8) is 0 Å². The van der Waals surface area contributed by atoms with E-state index in [0.29, 0.717) is 11.3 Å². The van der Waals surface area contributed by atoms with Crippen LogP contribution < -0.4 is 0 Å². The molecule has 4 nitrogen and oxygen atoms in total. The lowest BCUT2D eigenvalue weighted by Crippen LogP contribution is -2.01. The van der Waals surface area contributed by atoms with Crippen LogP contribution in [0.2, 0.25) is 0 Å². The van der Waals surface area contributed by atoms with Crippen LogP contribution in [-0.2, 0) is 0 Å². The van der Waals surface area contributed by atoms with Crippen LogP contribution in [0.5, 0.6) is 0 Å². The summed E-state index contributed by atoms with van der Waals surface area (Å²) in [6.45, 7) is -0.109. The number of nitroso groups, excluding NO2 is 1. The minimum absolute atomic E-state index is 0.0818. The van der Waals surface area contributed by atoms with Gasteiger partial charge >= 0.3 is 0 Å². The number of benzene rings is 1. The van der Waals surface area contributed by atoms with Crippen molar-refractivity contribution in [1.29, 1.82) is 0 Å². The van der Waals surface area contributed by atoms with Gasteiger partial charge in [-0.05, 0) is 25.0 Å². The Morgan fingerprint density at radius 2 is 2.05 bits per heavy atom. The number of allylic oxidation sites excluding steroid dienone is 3. The zero-order chi connectivity index (χ0) is 15.4. The molecule has 2 aromatic rings. The van der Waals surface area contributed by atoms with Crippen molar-refractivity contribution in [3.8, 4) is 0 Å². The Morgan fingerprint density at radius 1 is 1.18 bits per heavy atom. The summed E-state index contributed by atoms with van der Waals surface area (Å²) in [5.74, 6) is 0.0818. The normalized spacial score (nSPS) is 15.4. The molecule has 0 amide bonds. The summed E-state index contributed by atoms with van der Waals surface area (Å²) in [7, 11) is 0. The molecule has 0 aliphatic heterocycles. The van der Waals surface area contributed by atoms with Crippen LogP contribution in [0.1, 0.15) is 18.5 Å². The minimum Gasteiger partial charge on any atom is -0.507 e. The molecule has 0 atom stereocenters. The average molecular weight is 292 g/mol. The summed E-state index contributed by atoms with van der Waals surface area (Å²) >= 11 is 0. The zero-order valence-corrected chi connectivity index (χ0v) is 12.1. The molecule has 1 aliphatic rings. The van der Waals surface area contributed by atoms with Crippen molar-refractivity contribution in [1.82, 2.24) is 4.98 Å². The highest BCUT2D eigenvalue weighted by molar-refractivity contribution is 5.82. The summed E-state index contributed by atoms with van der Waals surface area (Å²) in [5.41, 5.74) is 2.58. The van der Waals surface area contributed by atoms with Crippen molar-refractivity contribution < 1.29 is 5.11 Å². The molecular formula is C18H16N2O2. The molecule has 22 heavy (non-hydrogen) atoms. The lowest BCUT2D eigenvalue weighted by Gasteiger charge is -2.11. The van der Waals surface area contributed by atoms with Crippen LogP contribution >= 0.6 is 0 Å². The Hall–Kier alpha value is -2.75. The Labute approximate surface area is 128 Å². The molecule has 0 spiro atoms. The van der Waals surface area contributed by atoms with E-state index in [4.69, 9.17) is 0 Å². The number of para-hydroxylation sites is 1. The predicted octanol–water partition coefficient (Wildman–Crippen LogP) is 4.55. The lowest BCUT2D eigenvalue weighted by molar-refractivity contribution is 0.427. The highest BCUT2D eigenvalue weighted by atomic mass is 16.3. The van der Waals surface area contributed by atoms with Crippen LogP contribution in [0, 0.1) is 4.91 Å². The first-order valence-corrected chi connectivity index (χ1v) is 7.24. The largest absolute Gasteiger partial charge is 0.507 e. The standard InChI is InChI=1S/C18H16N2O2/c21-18(14-7-2-1-3-8-14)15(12-19-22)17-11-10-13-6-4-5-9-16(13)20-17/h2,4-11,21H,1,3,12H2. The van der Waals surface area contributed by atoms with E-state index in [1.165, 1.54) is 0 Å². The summed E-state index contributed by atoms with van der Waals surface area (Å²) in [4.78, 5) is 15.3. The molecular weight excluding hydrogens is 276 g/mol. The molecule has 4 heteroatoms. The van der Waals surface area contributed by atoms with Crippen LogP contribution in [0.25, 0.3) is 16.5 Å². The molecule has 0 saturated carbocycles. The Balaban J connectivity index is 2.10. The fourth-order valence-corrected chi connectivity index (χ4v) is 2.54. The third-order valence-electron chi connectivity index (χ3n) is 3.68. The first kappa shape index (κ1) is 14.2. The molecule has 110 valence electrons. The smallest absolute Gasteiger partial charge is 0.129 e. The molecule has 0 radical (unpaired) electrons. The van der Waals surface area contributed by atoms with Crippen LogP contribution in [-0.4, -0.2) is 16.6 Å². The maximum Gasteiger partial charge on any atom is 0.129 e. The molecule has 1 aliphatic carbocycles. The van der Waals surface area contributed by atoms with Gasteiger partial charge in [0.2, 0.25) is 0 Å².